The zero-order valence-electron chi connectivity index (χ0n) is 9.18. The maximum absolute atomic E-state index is 4.09. The fourth-order valence-corrected chi connectivity index (χ4v) is 6.47. The Hall–Kier alpha value is -0.0831. The van der Waals surface area contributed by atoms with E-state index >= 15 is 0 Å². The van der Waals surface area contributed by atoms with Crippen LogP contribution in [0.1, 0.15) is 33.1 Å². The van der Waals surface area contributed by atoms with Crippen molar-refractivity contribution in [3.63, 3.8) is 0 Å². The van der Waals surface area contributed by atoms with Gasteiger partial charge in [0.15, 0.2) is 8.24 Å². The third-order valence-corrected chi connectivity index (χ3v) is 8.47. The molecule has 0 spiro atoms. The normalized spacial score (nSPS) is 22.9. The molecular formula is C11H23NSi. The predicted octanol–water partition coefficient (Wildman–Crippen LogP) is 3.18. The lowest BCUT2D eigenvalue weighted by Gasteiger charge is -2.36. The van der Waals surface area contributed by atoms with Crippen molar-refractivity contribution in [1.82, 2.24) is 4.57 Å². The number of hydrogen-bond acceptors (Lipinski definition) is 1. The van der Waals surface area contributed by atoms with Gasteiger partial charge in [0.25, 0.3) is 0 Å². The van der Waals surface area contributed by atoms with Gasteiger partial charge in [-0.05, 0) is 38.0 Å². The van der Waals surface area contributed by atoms with E-state index in [1.165, 1.54) is 44.4 Å². The van der Waals surface area contributed by atoms with E-state index in [1.807, 2.05) is 0 Å². The molecule has 0 saturated carbocycles. The Balaban J connectivity index is 2.67. The van der Waals surface area contributed by atoms with E-state index in [2.05, 4.69) is 30.7 Å². The van der Waals surface area contributed by atoms with Crippen LogP contribution >= 0.6 is 0 Å². The molecule has 0 aromatic carbocycles. The highest BCUT2D eigenvalue weighted by atomic mass is 28.3. The Labute approximate surface area is 83.9 Å². The largest absolute Gasteiger partial charge is 0.320 e. The average molecular weight is 197 g/mol. The first-order valence-electron chi connectivity index (χ1n) is 5.67. The zero-order chi connectivity index (χ0) is 9.73. The molecule has 1 rings (SSSR count). The van der Waals surface area contributed by atoms with Crippen LogP contribution in [-0.2, 0) is 0 Å². The molecule has 76 valence electrons. The summed E-state index contributed by atoms with van der Waals surface area (Å²) in [4.78, 5) is 0. The van der Waals surface area contributed by atoms with Gasteiger partial charge < -0.3 is 4.57 Å². The van der Waals surface area contributed by atoms with Crippen LogP contribution in [0.5, 0.6) is 0 Å². The van der Waals surface area contributed by atoms with Crippen molar-refractivity contribution >= 4 is 8.24 Å². The van der Waals surface area contributed by atoms with Gasteiger partial charge in [0.2, 0.25) is 0 Å². The molecule has 2 heteroatoms. The summed E-state index contributed by atoms with van der Waals surface area (Å²) in [5.74, 6) is 0. The summed E-state index contributed by atoms with van der Waals surface area (Å²) < 4.78 is 2.77. The molecular weight excluding hydrogens is 174 g/mol. The predicted molar refractivity (Wildman–Crippen MR) is 62.3 cm³/mol. The van der Waals surface area contributed by atoms with Crippen LogP contribution in [0.25, 0.3) is 0 Å². The van der Waals surface area contributed by atoms with Crippen LogP contribution in [0.15, 0.2) is 12.3 Å². The standard InChI is InChI=1S/C11H23NSi/c1-4-11-13(5-2,6-3)12-9-7-8-10-12/h5H,2,4,6-11H2,1,3H3. The maximum Gasteiger partial charge on any atom is 0.152 e. The second kappa shape index (κ2) is 4.96. The summed E-state index contributed by atoms with van der Waals surface area (Å²) in [5, 5.41) is 0. The summed E-state index contributed by atoms with van der Waals surface area (Å²) in [6.07, 6.45) is 4.14. The van der Waals surface area contributed by atoms with Gasteiger partial charge in [-0.3, -0.25) is 0 Å². The van der Waals surface area contributed by atoms with Gasteiger partial charge in [0, 0.05) is 0 Å². The third-order valence-electron chi connectivity index (χ3n) is 3.41. The molecule has 1 nitrogen and oxygen atoms in total. The van der Waals surface area contributed by atoms with Gasteiger partial charge in [-0.2, -0.15) is 0 Å². The smallest absolute Gasteiger partial charge is 0.152 e. The minimum Gasteiger partial charge on any atom is -0.320 e. The highest BCUT2D eigenvalue weighted by Gasteiger charge is 2.35. The van der Waals surface area contributed by atoms with E-state index in [0.717, 1.165) is 0 Å². The first-order chi connectivity index (χ1) is 6.29. The summed E-state index contributed by atoms with van der Waals surface area (Å²) in [5.41, 5.74) is 2.32. The lowest BCUT2D eigenvalue weighted by Crippen LogP contribution is -2.50. The molecule has 1 heterocycles. The van der Waals surface area contributed by atoms with Gasteiger partial charge in [0.1, 0.15) is 0 Å². The van der Waals surface area contributed by atoms with Crippen molar-refractivity contribution < 1.29 is 0 Å². The molecule has 0 amide bonds. The Bertz CT molecular complexity index is 163. The molecule has 1 unspecified atom stereocenters. The summed E-state index contributed by atoms with van der Waals surface area (Å²) in [6, 6.07) is 2.76. The van der Waals surface area contributed by atoms with Crippen LogP contribution in [0, 0.1) is 0 Å². The van der Waals surface area contributed by atoms with E-state index in [-0.39, 0.29) is 0 Å². The quantitative estimate of drug-likeness (QED) is 0.612. The Morgan fingerprint density at radius 3 is 2.31 bits per heavy atom. The van der Waals surface area contributed by atoms with Crippen molar-refractivity contribution in [2.45, 2.75) is 45.2 Å². The van der Waals surface area contributed by atoms with E-state index < -0.39 is 8.24 Å². The summed E-state index contributed by atoms with van der Waals surface area (Å²) >= 11 is 0. The van der Waals surface area contributed by atoms with Crippen LogP contribution < -0.4 is 0 Å². The zero-order valence-corrected chi connectivity index (χ0v) is 10.2. The Kier molecular flexibility index (Phi) is 4.20. The van der Waals surface area contributed by atoms with Gasteiger partial charge in [0.05, 0.1) is 0 Å². The number of rotatable bonds is 5. The lowest BCUT2D eigenvalue weighted by molar-refractivity contribution is 0.514. The van der Waals surface area contributed by atoms with Crippen LogP contribution in [0.4, 0.5) is 0 Å². The fourth-order valence-electron chi connectivity index (χ4n) is 2.53. The SMILES string of the molecule is C=C[Si](CC)(CCC)N1CCCC1. The van der Waals surface area contributed by atoms with E-state index in [4.69, 9.17) is 0 Å². The topological polar surface area (TPSA) is 3.24 Å². The van der Waals surface area contributed by atoms with Crippen molar-refractivity contribution in [2.24, 2.45) is 0 Å². The molecule has 0 N–H and O–H groups in total. The highest BCUT2D eigenvalue weighted by Crippen LogP contribution is 2.27. The first-order valence-corrected chi connectivity index (χ1v) is 8.11. The van der Waals surface area contributed by atoms with E-state index in [0.29, 0.717) is 0 Å². The van der Waals surface area contributed by atoms with E-state index in [9.17, 15) is 0 Å². The van der Waals surface area contributed by atoms with Crippen molar-refractivity contribution in [1.29, 1.82) is 0 Å². The minimum atomic E-state index is -1.21. The maximum atomic E-state index is 4.09. The summed E-state index contributed by atoms with van der Waals surface area (Å²) in [7, 11) is -1.21. The molecule has 0 aromatic rings. The second-order valence-electron chi connectivity index (χ2n) is 4.11. The van der Waals surface area contributed by atoms with Crippen molar-refractivity contribution in [2.75, 3.05) is 13.1 Å². The number of nitrogens with zero attached hydrogens (tertiary/aromatic N) is 1. The molecule has 1 aliphatic rings. The Morgan fingerprint density at radius 2 is 1.92 bits per heavy atom. The van der Waals surface area contributed by atoms with Crippen LogP contribution in [0.3, 0.4) is 0 Å². The summed E-state index contributed by atoms with van der Waals surface area (Å²) in [6.45, 7) is 11.4. The molecule has 1 aliphatic heterocycles. The van der Waals surface area contributed by atoms with Gasteiger partial charge >= 0.3 is 0 Å². The van der Waals surface area contributed by atoms with Crippen molar-refractivity contribution in [3.8, 4) is 0 Å². The molecule has 1 atom stereocenters. The van der Waals surface area contributed by atoms with Crippen molar-refractivity contribution in [3.05, 3.63) is 12.3 Å². The molecule has 0 aliphatic carbocycles. The Morgan fingerprint density at radius 1 is 1.31 bits per heavy atom. The van der Waals surface area contributed by atoms with Gasteiger partial charge in [-0.25, -0.2) is 0 Å². The molecule has 0 bridgehead atoms. The third kappa shape index (κ3) is 2.23. The van der Waals surface area contributed by atoms with Gasteiger partial charge in [-0.1, -0.05) is 26.0 Å². The molecule has 13 heavy (non-hydrogen) atoms. The average Bonchev–Trinajstić information content (AvgIpc) is 2.68. The number of hydrogen-bond donors (Lipinski definition) is 0. The highest BCUT2D eigenvalue weighted by molar-refractivity contribution is 6.81. The monoisotopic (exact) mass is 197 g/mol. The fraction of sp³-hybridized carbons (Fsp3) is 0.818. The first kappa shape index (κ1) is 11.0. The van der Waals surface area contributed by atoms with E-state index in [1.54, 1.807) is 0 Å². The molecule has 1 fully saturated rings. The lowest BCUT2D eigenvalue weighted by atomic mass is 10.4. The van der Waals surface area contributed by atoms with Gasteiger partial charge in [-0.15, -0.1) is 6.58 Å². The minimum absolute atomic E-state index is 1.21. The van der Waals surface area contributed by atoms with Crippen LogP contribution in [-0.4, -0.2) is 25.9 Å². The molecule has 1 saturated heterocycles. The van der Waals surface area contributed by atoms with Crippen LogP contribution in [0.2, 0.25) is 12.1 Å². The molecule has 0 radical (unpaired) electrons. The molecule has 0 aromatic heterocycles. The second-order valence-corrected chi connectivity index (χ2v) is 8.56.